The highest BCUT2D eigenvalue weighted by atomic mass is 32.2. The zero-order valence-corrected chi connectivity index (χ0v) is 19.9. The van der Waals surface area contributed by atoms with E-state index in [9.17, 15) is 24.5 Å². The van der Waals surface area contributed by atoms with Crippen LogP contribution in [0.15, 0.2) is 51.2 Å². The predicted molar refractivity (Wildman–Crippen MR) is 127 cm³/mol. The Balaban J connectivity index is 1.66. The van der Waals surface area contributed by atoms with E-state index in [1.54, 1.807) is 12.1 Å². The van der Waals surface area contributed by atoms with Crippen LogP contribution in [0.3, 0.4) is 0 Å². The molecule has 1 aliphatic rings. The van der Waals surface area contributed by atoms with Crippen LogP contribution in [0, 0.1) is 10.1 Å². The zero-order chi connectivity index (χ0) is 24.6. The fourth-order valence-electron chi connectivity index (χ4n) is 3.27. The number of nitro groups is 1. The second-order valence-corrected chi connectivity index (χ2v) is 9.52. The summed E-state index contributed by atoms with van der Waals surface area (Å²) in [5, 5.41) is 11.8. The topological polar surface area (TPSA) is 123 Å². The molecule has 0 spiro atoms. The molecule has 0 aliphatic carbocycles. The first-order chi connectivity index (χ1) is 16.2. The van der Waals surface area contributed by atoms with E-state index in [0.717, 1.165) is 37.5 Å². The van der Waals surface area contributed by atoms with Crippen molar-refractivity contribution < 1.29 is 24.0 Å². The smallest absolute Gasteiger partial charge is 0.333 e. The molecular formula is C22H18N4O6S2. The fourth-order valence-corrected chi connectivity index (χ4v) is 5.41. The quantitative estimate of drug-likeness (QED) is 0.215. The predicted octanol–water partition coefficient (Wildman–Crippen LogP) is 4.19. The maximum atomic E-state index is 12.4. The van der Waals surface area contributed by atoms with Crippen molar-refractivity contribution in [1.29, 1.82) is 0 Å². The van der Waals surface area contributed by atoms with E-state index >= 15 is 0 Å². The summed E-state index contributed by atoms with van der Waals surface area (Å²) >= 11 is 2.55. The maximum absolute atomic E-state index is 12.4. The van der Waals surface area contributed by atoms with Crippen molar-refractivity contribution >= 4 is 62.9 Å². The zero-order valence-electron chi connectivity index (χ0n) is 18.3. The van der Waals surface area contributed by atoms with Crippen molar-refractivity contribution in [3.8, 4) is 5.75 Å². The summed E-state index contributed by atoms with van der Waals surface area (Å²) in [5.41, 5.74) is 0.601. The third kappa shape index (κ3) is 4.37. The van der Waals surface area contributed by atoms with Gasteiger partial charge in [-0.15, -0.1) is 11.3 Å². The first-order valence-electron chi connectivity index (χ1n) is 10.0. The van der Waals surface area contributed by atoms with Gasteiger partial charge in [0.2, 0.25) is 0 Å². The van der Waals surface area contributed by atoms with Crippen LogP contribution in [0.1, 0.15) is 12.5 Å². The largest absolute Gasteiger partial charge is 0.494 e. The number of urea groups is 1. The van der Waals surface area contributed by atoms with Crippen LogP contribution in [-0.4, -0.2) is 58.3 Å². The van der Waals surface area contributed by atoms with E-state index in [4.69, 9.17) is 4.74 Å². The van der Waals surface area contributed by atoms with Crippen LogP contribution in [-0.2, 0) is 9.59 Å². The molecule has 4 amide bonds. The molecule has 4 rings (SSSR count). The van der Waals surface area contributed by atoms with Gasteiger partial charge in [-0.2, -0.15) is 0 Å². The van der Waals surface area contributed by atoms with Gasteiger partial charge in [0, 0.05) is 20.2 Å². The van der Waals surface area contributed by atoms with Gasteiger partial charge < -0.3 is 4.74 Å². The van der Waals surface area contributed by atoms with Crippen molar-refractivity contribution in [3.05, 3.63) is 57.6 Å². The Morgan fingerprint density at radius 3 is 2.47 bits per heavy atom. The molecule has 174 valence electrons. The maximum Gasteiger partial charge on any atom is 0.333 e. The summed E-state index contributed by atoms with van der Waals surface area (Å²) in [6.07, 6.45) is 1.25. The molecule has 1 fully saturated rings. The molecule has 1 aromatic heterocycles. The Hall–Kier alpha value is -3.77. The number of rotatable bonds is 6. The molecule has 1 aliphatic heterocycles. The molecule has 3 aromatic rings. The lowest BCUT2D eigenvalue weighted by atomic mass is 10.1. The average molecular weight is 499 g/mol. The van der Waals surface area contributed by atoms with E-state index in [1.165, 1.54) is 37.6 Å². The van der Waals surface area contributed by atoms with Crippen molar-refractivity contribution in [2.75, 3.05) is 20.7 Å². The first kappa shape index (κ1) is 23.4. The lowest BCUT2D eigenvalue weighted by Crippen LogP contribution is -2.52. The highest BCUT2D eigenvalue weighted by Crippen LogP contribution is 2.40. The highest BCUT2D eigenvalue weighted by Gasteiger charge is 2.37. The number of nitrogens with zero attached hydrogens (tertiary/aromatic N) is 4. The van der Waals surface area contributed by atoms with Gasteiger partial charge in [-0.3, -0.25) is 29.5 Å². The van der Waals surface area contributed by atoms with Gasteiger partial charge >= 0.3 is 6.03 Å². The molecule has 2 heterocycles. The molecule has 1 saturated heterocycles. The van der Waals surface area contributed by atoms with Crippen LogP contribution in [0.5, 0.6) is 5.75 Å². The normalized spacial score (nSPS) is 14.2. The molecule has 0 bridgehead atoms. The second kappa shape index (κ2) is 9.23. The number of carbonyl (C=O) groups is 3. The van der Waals surface area contributed by atoms with Gasteiger partial charge in [-0.05, 0) is 42.8 Å². The molecule has 0 radical (unpaired) electrons. The standard InChI is InChI=1S/C22H18N4O6S2/c1-4-32-13-6-7-15-18(11-13)34-21(23-15)33-17-8-5-12(10-16(17)26(30)31)9-14-19(27)24(2)22(29)25(3)20(14)28/h5-11H,4H2,1-3H3. The summed E-state index contributed by atoms with van der Waals surface area (Å²) < 4.78 is 7.03. The molecule has 0 atom stereocenters. The van der Waals surface area contributed by atoms with Crippen LogP contribution >= 0.6 is 23.1 Å². The molecule has 0 unspecified atom stereocenters. The lowest BCUT2D eigenvalue weighted by Gasteiger charge is -2.28. The fraction of sp³-hybridized carbons (Fsp3) is 0.182. The minimum absolute atomic E-state index is 0.192. The molecule has 0 saturated carbocycles. The van der Waals surface area contributed by atoms with E-state index in [-0.39, 0.29) is 16.8 Å². The van der Waals surface area contributed by atoms with Crippen molar-refractivity contribution in [2.24, 2.45) is 0 Å². The molecule has 12 heteroatoms. The third-order valence-corrected chi connectivity index (χ3v) is 7.13. The van der Waals surface area contributed by atoms with E-state index in [1.807, 2.05) is 25.1 Å². The van der Waals surface area contributed by atoms with Gasteiger partial charge in [-0.1, -0.05) is 17.8 Å². The number of aromatic nitrogens is 1. The SMILES string of the molecule is CCOc1ccc2nc(Sc3ccc(C=C4C(=O)N(C)C(=O)N(C)C4=O)cc3[N+](=O)[O-])sc2c1. The molecule has 2 aromatic carbocycles. The third-order valence-electron chi connectivity index (χ3n) is 4.98. The Labute approximate surface area is 202 Å². The van der Waals surface area contributed by atoms with E-state index < -0.39 is 22.8 Å². The average Bonchev–Trinajstić information content (AvgIpc) is 3.21. The van der Waals surface area contributed by atoms with Gasteiger partial charge in [-0.25, -0.2) is 9.78 Å². The molecular weight excluding hydrogens is 480 g/mol. The summed E-state index contributed by atoms with van der Waals surface area (Å²) in [6.45, 7) is 2.44. The number of nitro benzene ring substituents is 1. The lowest BCUT2D eigenvalue weighted by molar-refractivity contribution is -0.387. The Morgan fingerprint density at radius 1 is 1.12 bits per heavy atom. The minimum atomic E-state index is -0.768. The summed E-state index contributed by atoms with van der Waals surface area (Å²) in [5.74, 6) is -0.812. The Kier molecular flexibility index (Phi) is 6.35. The molecule has 0 N–H and O–H groups in total. The number of thiazole rings is 1. The number of hydrogen-bond acceptors (Lipinski definition) is 9. The number of fused-ring (bicyclic) bond motifs is 1. The van der Waals surface area contributed by atoms with Crippen LogP contribution < -0.4 is 4.74 Å². The Bertz CT molecular complexity index is 1360. The first-order valence-corrected chi connectivity index (χ1v) is 11.6. The van der Waals surface area contributed by atoms with Crippen molar-refractivity contribution in [3.63, 3.8) is 0 Å². The second-order valence-electron chi connectivity index (χ2n) is 7.20. The number of likely N-dealkylation sites (N-methyl/N-ethyl adjacent to an activating group) is 2. The van der Waals surface area contributed by atoms with Gasteiger partial charge in [0.15, 0.2) is 4.34 Å². The summed E-state index contributed by atoms with van der Waals surface area (Å²) in [6, 6.07) is 9.19. The number of imide groups is 2. The van der Waals surface area contributed by atoms with Crippen LogP contribution in [0.25, 0.3) is 16.3 Å². The molecule has 10 nitrogen and oxygen atoms in total. The number of barbiturate groups is 1. The van der Waals surface area contributed by atoms with Crippen molar-refractivity contribution in [1.82, 2.24) is 14.8 Å². The Morgan fingerprint density at radius 2 is 1.82 bits per heavy atom. The number of carbonyl (C=O) groups excluding carboxylic acids is 3. The van der Waals surface area contributed by atoms with Crippen LogP contribution in [0.2, 0.25) is 0 Å². The monoisotopic (exact) mass is 498 g/mol. The van der Waals surface area contributed by atoms with E-state index in [0.29, 0.717) is 15.8 Å². The summed E-state index contributed by atoms with van der Waals surface area (Å²) in [4.78, 5) is 54.5. The number of benzene rings is 2. The highest BCUT2D eigenvalue weighted by molar-refractivity contribution is 8.01. The van der Waals surface area contributed by atoms with Gasteiger partial charge in [0.25, 0.3) is 17.5 Å². The van der Waals surface area contributed by atoms with Gasteiger partial charge in [0.1, 0.15) is 11.3 Å². The van der Waals surface area contributed by atoms with Gasteiger partial charge in [0.05, 0.1) is 26.6 Å². The number of ether oxygens (including phenoxy) is 1. The van der Waals surface area contributed by atoms with E-state index in [2.05, 4.69) is 4.98 Å². The van der Waals surface area contributed by atoms with Crippen LogP contribution in [0.4, 0.5) is 10.5 Å². The molecule has 34 heavy (non-hydrogen) atoms. The summed E-state index contributed by atoms with van der Waals surface area (Å²) in [7, 11) is 2.53. The number of amides is 4. The van der Waals surface area contributed by atoms with Crippen molar-refractivity contribution in [2.45, 2.75) is 16.2 Å². The number of hydrogen-bond donors (Lipinski definition) is 0. The minimum Gasteiger partial charge on any atom is -0.494 e.